The van der Waals surface area contributed by atoms with Crippen LogP contribution >= 0.6 is 10.7 Å². The Kier molecular flexibility index (Phi) is 2.95. The van der Waals surface area contributed by atoms with E-state index in [-0.39, 0.29) is 0 Å². The predicted octanol–water partition coefficient (Wildman–Crippen LogP) is 1.33. The molecule has 0 saturated carbocycles. The molecular weight excluding hydrogens is 176 g/mol. The van der Waals surface area contributed by atoms with Crippen LogP contribution in [0.5, 0.6) is 0 Å². The molecule has 0 radical (unpaired) electrons. The third kappa shape index (κ3) is 2.55. The molecule has 0 aromatic heterocycles. The van der Waals surface area contributed by atoms with Crippen LogP contribution in [0.3, 0.4) is 0 Å². The number of hydrogen-bond acceptors (Lipinski definition) is 3. The summed E-state index contributed by atoms with van der Waals surface area (Å²) in [7, 11) is -0.909. The van der Waals surface area contributed by atoms with Crippen LogP contribution in [0.15, 0.2) is 0 Å². The molecule has 0 spiro atoms. The molecule has 0 aromatic carbocycles. The van der Waals surface area contributed by atoms with E-state index in [1.54, 1.807) is 5.37 Å². The molecule has 0 aromatic rings. The zero-order chi connectivity index (χ0) is 8.27. The van der Waals surface area contributed by atoms with Gasteiger partial charge in [-0.3, -0.25) is 4.72 Å². The van der Waals surface area contributed by atoms with Gasteiger partial charge in [-0.1, -0.05) is 0 Å². The van der Waals surface area contributed by atoms with Crippen molar-refractivity contribution in [3.05, 3.63) is 0 Å². The minimum Gasteiger partial charge on any atom is -0.394 e. The molecule has 1 aliphatic heterocycles. The van der Waals surface area contributed by atoms with Crippen molar-refractivity contribution in [2.24, 2.45) is 0 Å². The average molecular weight is 183 g/mol. The van der Waals surface area contributed by atoms with Gasteiger partial charge in [0.05, 0.1) is 0 Å². The van der Waals surface area contributed by atoms with Crippen molar-refractivity contribution in [1.82, 2.24) is 4.72 Å². The van der Waals surface area contributed by atoms with Crippen molar-refractivity contribution in [2.45, 2.75) is 13.0 Å². The topological polar surface area (TPSA) is 38.3 Å². The van der Waals surface area contributed by atoms with Crippen molar-refractivity contribution in [3.8, 4) is 0 Å². The highest BCUT2D eigenvalue weighted by atomic mass is 32.2. The van der Waals surface area contributed by atoms with Crippen molar-refractivity contribution in [2.75, 3.05) is 6.54 Å². The lowest BCUT2D eigenvalue weighted by molar-refractivity contribution is -0.0719. The standard InChI is InChI=1S/C5H7F2NO2S/c6-4(7)10-5(9)11-3-1-2-8-11/h3-4,8H,1-2H2. The largest absolute Gasteiger partial charge is 0.394 e. The Labute approximate surface area is 64.8 Å². The van der Waals surface area contributed by atoms with Crippen LogP contribution in [0.2, 0.25) is 0 Å². The van der Waals surface area contributed by atoms with Gasteiger partial charge in [-0.25, -0.2) is 4.79 Å². The number of alkyl halides is 2. The molecule has 0 bridgehead atoms. The molecule has 1 aliphatic rings. The summed E-state index contributed by atoms with van der Waals surface area (Å²) in [5.41, 5.74) is 0. The Bertz CT molecular complexity index is 195. The van der Waals surface area contributed by atoms with E-state index in [2.05, 4.69) is 9.46 Å². The third-order valence-corrected chi connectivity index (χ3v) is 2.59. The van der Waals surface area contributed by atoms with E-state index in [0.717, 1.165) is 6.42 Å². The number of carbonyl (C=O) groups excluding carboxylic acids is 1. The first kappa shape index (κ1) is 8.61. The highest BCUT2D eigenvalue weighted by Crippen LogP contribution is 2.16. The van der Waals surface area contributed by atoms with Gasteiger partial charge >= 0.3 is 11.9 Å². The van der Waals surface area contributed by atoms with Gasteiger partial charge in [0.25, 0.3) is 0 Å². The molecule has 1 heterocycles. The molecule has 64 valence electrons. The number of rotatable bonds is 1. The van der Waals surface area contributed by atoms with Crippen LogP contribution in [0.25, 0.3) is 0 Å². The van der Waals surface area contributed by atoms with E-state index in [1.165, 1.54) is 0 Å². The zero-order valence-corrected chi connectivity index (χ0v) is 6.37. The van der Waals surface area contributed by atoms with Gasteiger partial charge in [0.15, 0.2) is 0 Å². The van der Waals surface area contributed by atoms with Crippen LogP contribution in [0, 0.1) is 0 Å². The van der Waals surface area contributed by atoms with E-state index >= 15 is 0 Å². The van der Waals surface area contributed by atoms with Crippen molar-refractivity contribution >= 4 is 21.3 Å². The summed E-state index contributed by atoms with van der Waals surface area (Å²) >= 11 is 0. The number of hydrogen-bond donors (Lipinski definition) is 1. The number of ether oxygens (including phenoxy) is 1. The van der Waals surface area contributed by atoms with Gasteiger partial charge < -0.3 is 4.74 Å². The summed E-state index contributed by atoms with van der Waals surface area (Å²) in [6.45, 7) is -2.35. The Morgan fingerprint density at radius 2 is 2.45 bits per heavy atom. The lowest BCUT2D eigenvalue weighted by Crippen LogP contribution is -2.11. The lowest BCUT2D eigenvalue weighted by atomic mass is 10.5. The smallest absolute Gasteiger partial charge is 0.390 e. The lowest BCUT2D eigenvalue weighted by Gasteiger charge is -2.03. The van der Waals surface area contributed by atoms with Crippen LogP contribution in [-0.2, 0) is 4.74 Å². The maximum atomic E-state index is 11.5. The maximum absolute atomic E-state index is 11.5. The fourth-order valence-corrected chi connectivity index (χ4v) is 1.90. The quantitative estimate of drug-likeness (QED) is 0.492. The second-order valence-electron chi connectivity index (χ2n) is 1.82. The van der Waals surface area contributed by atoms with E-state index in [9.17, 15) is 13.6 Å². The minimum atomic E-state index is -3.01. The van der Waals surface area contributed by atoms with Gasteiger partial charge in [0.1, 0.15) is 0 Å². The minimum absolute atomic E-state index is 0.654. The molecule has 6 heteroatoms. The summed E-state index contributed by atoms with van der Waals surface area (Å²) in [6, 6.07) is 0. The van der Waals surface area contributed by atoms with Gasteiger partial charge in [-0.2, -0.15) is 8.78 Å². The third-order valence-electron chi connectivity index (χ3n) is 1.05. The van der Waals surface area contributed by atoms with E-state index in [0.29, 0.717) is 6.54 Å². The van der Waals surface area contributed by atoms with E-state index in [4.69, 9.17) is 0 Å². The van der Waals surface area contributed by atoms with Gasteiger partial charge in [-0.15, -0.1) is 0 Å². The molecule has 1 unspecified atom stereocenters. The molecule has 0 fully saturated rings. The molecular formula is C5H7F2NO2S. The molecule has 1 rings (SSSR count). The van der Waals surface area contributed by atoms with Crippen LogP contribution in [0.4, 0.5) is 13.6 Å². The molecule has 0 saturated heterocycles. The van der Waals surface area contributed by atoms with E-state index < -0.39 is 22.6 Å². The first-order valence-corrected chi connectivity index (χ1v) is 4.27. The summed E-state index contributed by atoms with van der Waals surface area (Å²) < 4.78 is 29.3. The highest BCUT2D eigenvalue weighted by molar-refractivity contribution is 8.26. The molecule has 11 heavy (non-hydrogen) atoms. The Morgan fingerprint density at radius 3 is 2.91 bits per heavy atom. The second-order valence-corrected chi connectivity index (χ2v) is 3.45. The normalized spacial score (nSPS) is 23.4. The monoisotopic (exact) mass is 183 g/mol. The number of carbonyl (C=O) groups is 1. The molecule has 1 N–H and O–H groups in total. The number of halogens is 2. The Hall–Kier alpha value is -0.490. The summed E-state index contributed by atoms with van der Waals surface area (Å²) in [5.74, 6) is 0. The summed E-state index contributed by atoms with van der Waals surface area (Å²) in [4.78, 5) is 10.7. The molecule has 0 aliphatic carbocycles. The first-order chi connectivity index (χ1) is 5.20. The highest BCUT2D eigenvalue weighted by Gasteiger charge is 2.16. The second kappa shape index (κ2) is 3.77. The zero-order valence-electron chi connectivity index (χ0n) is 5.55. The maximum Gasteiger partial charge on any atom is 0.390 e. The Morgan fingerprint density at radius 1 is 1.73 bits per heavy atom. The molecule has 3 nitrogen and oxygen atoms in total. The molecule has 1 atom stereocenters. The summed E-state index contributed by atoms with van der Waals surface area (Å²) in [5, 5.41) is 0.766. The van der Waals surface area contributed by atoms with Crippen LogP contribution in [-0.4, -0.2) is 23.8 Å². The SMILES string of the molecule is O=C(OC(F)F)S1=CCCN1. The Balaban J connectivity index is 2.41. The summed E-state index contributed by atoms with van der Waals surface area (Å²) in [6.07, 6.45) is 0.724. The van der Waals surface area contributed by atoms with Gasteiger partial charge in [0, 0.05) is 6.54 Å². The van der Waals surface area contributed by atoms with Crippen molar-refractivity contribution in [3.63, 3.8) is 0 Å². The average Bonchev–Trinajstić information content (AvgIpc) is 2.35. The number of nitrogens with one attached hydrogen (secondary N) is 1. The molecule has 0 amide bonds. The fraction of sp³-hybridized carbons (Fsp3) is 0.600. The van der Waals surface area contributed by atoms with Gasteiger partial charge in [-0.05, 0) is 22.5 Å². The van der Waals surface area contributed by atoms with Crippen LogP contribution in [0.1, 0.15) is 6.42 Å². The first-order valence-electron chi connectivity index (χ1n) is 2.99. The van der Waals surface area contributed by atoms with Crippen molar-refractivity contribution < 1.29 is 18.3 Å². The fourth-order valence-electron chi connectivity index (χ4n) is 0.656. The van der Waals surface area contributed by atoms with Gasteiger partial charge in [0.2, 0.25) is 0 Å². The van der Waals surface area contributed by atoms with E-state index in [1.807, 2.05) is 0 Å². The predicted molar refractivity (Wildman–Crippen MR) is 38.8 cm³/mol. The van der Waals surface area contributed by atoms with Crippen LogP contribution < -0.4 is 4.72 Å². The van der Waals surface area contributed by atoms with Crippen molar-refractivity contribution in [1.29, 1.82) is 0 Å².